The number of ether oxygens (including phenoxy) is 2. The van der Waals surface area contributed by atoms with Gasteiger partial charge in [0.05, 0.1) is 0 Å². The molecule has 0 radical (unpaired) electrons. The van der Waals surface area contributed by atoms with Gasteiger partial charge >= 0.3 is 0 Å². The summed E-state index contributed by atoms with van der Waals surface area (Å²) in [6.45, 7) is 3.86. The van der Waals surface area contributed by atoms with Gasteiger partial charge in [0.15, 0.2) is 11.5 Å². The normalized spacial score (nSPS) is 21.9. The van der Waals surface area contributed by atoms with Crippen LogP contribution in [0.2, 0.25) is 0 Å². The predicted octanol–water partition coefficient (Wildman–Crippen LogP) is 3.94. The molecule has 0 spiro atoms. The topological polar surface area (TPSA) is 30.5 Å². The quantitative estimate of drug-likeness (QED) is 0.858. The fourth-order valence-electron chi connectivity index (χ4n) is 2.79. The van der Waals surface area contributed by atoms with Crippen molar-refractivity contribution in [3.63, 3.8) is 0 Å². The fraction of sp³-hybridized carbons (Fsp3) is 0.600. The minimum Gasteiger partial charge on any atom is -0.449 e. The average molecular weight is 247 g/mol. The van der Waals surface area contributed by atoms with Gasteiger partial charge in [-0.1, -0.05) is 19.3 Å². The fourth-order valence-corrected chi connectivity index (χ4v) is 2.79. The van der Waals surface area contributed by atoms with Crippen LogP contribution >= 0.6 is 0 Å². The second-order valence-electron chi connectivity index (χ2n) is 5.74. The van der Waals surface area contributed by atoms with E-state index in [2.05, 4.69) is 17.4 Å². The molecule has 1 aliphatic heterocycles. The zero-order valence-corrected chi connectivity index (χ0v) is 11.2. The lowest BCUT2D eigenvalue weighted by molar-refractivity contribution is -0.0431. The number of nitrogens with one attached hydrogen (secondary N) is 1. The zero-order valence-electron chi connectivity index (χ0n) is 11.2. The van der Waals surface area contributed by atoms with Crippen molar-refractivity contribution in [1.82, 2.24) is 0 Å². The Morgan fingerprint density at radius 1 is 1.06 bits per heavy atom. The Labute approximate surface area is 108 Å². The molecule has 1 N–H and O–H groups in total. The molecule has 1 aromatic carbocycles. The van der Waals surface area contributed by atoms with Crippen LogP contribution in [0, 0.1) is 0 Å². The Balaban J connectivity index is 1.71. The highest BCUT2D eigenvalue weighted by atomic mass is 16.7. The molecule has 0 amide bonds. The summed E-state index contributed by atoms with van der Waals surface area (Å²) in [7, 11) is 0. The number of benzene rings is 1. The second kappa shape index (κ2) is 4.38. The molecule has 1 fully saturated rings. The first-order valence-corrected chi connectivity index (χ1v) is 6.91. The number of hydrogen-bond acceptors (Lipinski definition) is 3. The Bertz CT molecular complexity index is 436. The summed E-state index contributed by atoms with van der Waals surface area (Å²) in [5, 5.41) is 3.60. The molecule has 3 heteroatoms. The molecular weight excluding hydrogens is 226 g/mol. The van der Waals surface area contributed by atoms with Crippen molar-refractivity contribution in [2.24, 2.45) is 0 Å². The van der Waals surface area contributed by atoms with Crippen LogP contribution < -0.4 is 14.8 Å². The summed E-state index contributed by atoms with van der Waals surface area (Å²) in [4.78, 5) is 0. The van der Waals surface area contributed by atoms with Gasteiger partial charge in [0, 0.05) is 31.6 Å². The first kappa shape index (κ1) is 11.7. The standard InChI is InChI=1S/C15H21NO2/c1-15(2)17-13-9-8-12(10-14(13)18-15)16-11-6-4-3-5-7-11/h8-11,16H,3-7H2,1-2H3. The second-order valence-corrected chi connectivity index (χ2v) is 5.74. The molecule has 3 nitrogen and oxygen atoms in total. The van der Waals surface area contributed by atoms with Gasteiger partial charge in [-0.25, -0.2) is 0 Å². The SMILES string of the molecule is CC1(C)Oc2ccc(NC3CCCCC3)cc2O1. The van der Waals surface area contributed by atoms with Crippen LogP contribution in [0.3, 0.4) is 0 Å². The van der Waals surface area contributed by atoms with Gasteiger partial charge in [0.2, 0.25) is 5.79 Å². The molecule has 1 heterocycles. The molecule has 98 valence electrons. The summed E-state index contributed by atoms with van der Waals surface area (Å²) in [6.07, 6.45) is 6.62. The number of anilines is 1. The maximum atomic E-state index is 5.76. The Kier molecular flexibility index (Phi) is 2.84. The van der Waals surface area contributed by atoms with E-state index in [1.165, 1.54) is 32.1 Å². The van der Waals surface area contributed by atoms with Crippen molar-refractivity contribution >= 4 is 5.69 Å². The van der Waals surface area contributed by atoms with Crippen molar-refractivity contribution in [2.75, 3.05) is 5.32 Å². The lowest BCUT2D eigenvalue weighted by Crippen LogP contribution is -2.29. The Morgan fingerprint density at radius 3 is 2.56 bits per heavy atom. The molecule has 0 unspecified atom stereocenters. The van der Waals surface area contributed by atoms with E-state index < -0.39 is 5.79 Å². The lowest BCUT2D eigenvalue weighted by atomic mass is 9.95. The summed E-state index contributed by atoms with van der Waals surface area (Å²) in [5.41, 5.74) is 1.14. The molecular formula is C15H21NO2. The van der Waals surface area contributed by atoms with E-state index in [-0.39, 0.29) is 0 Å². The van der Waals surface area contributed by atoms with Crippen LogP contribution in [0.5, 0.6) is 11.5 Å². The van der Waals surface area contributed by atoms with E-state index in [0.29, 0.717) is 6.04 Å². The highest BCUT2D eigenvalue weighted by Gasteiger charge is 2.31. The largest absolute Gasteiger partial charge is 0.449 e. The van der Waals surface area contributed by atoms with Crippen molar-refractivity contribution in [3.8, 4) is 11.5 Å². The monoisotopic (exact) mass is 247 g/mol. The maximum Gasteiger partial charge on any atom is 0.246 e. The van der Waals surface area contributed by atoms with E-state index in [4.69, 9.17) is 9.47 Å². The van der Waals surface area contributed by atoms with E-state index in [9.17, 15) is 0 Å². The molecule has 0 bridgehead atoms. The van der Waals surface area contributed by atoms with Crippen LogP contribution in [0.25, 0.3) is 0 Å². The molecule has 2 aliphatic rings. The molecule has 0 aromatic heterocycles. The van der Waals surface area contributed by atoms with E-state index >= 15 is 0 Å². The van der Waals surface area contributed by atoms with Gasteiger partial charge in [0.25, 0.3) is 0 Å². The molecule has 3 rings (SSSR count). The summed E-state index contributed by atoms with van der Waals surface area (Å²) in [5.74, 6) is 1.15. The summed E-state index contributed by atoms with van der Waals surface area (Å²) < 4.78 is 11.5. The molecule has 0 atom stereocenters. The van der Waals surface area contributed by atoms with Crippen LogP contribution in [0.4, 0.5) is 5.69 Å². The van der Waals surface area contributed by atoms with Crippen LogP contribution in [-0.2, 0) is 0 Å². The number of rotatable bonds is 2. The molecule has 1 aromatic rings. The average Bonchev–Trinajstić information content (AvgIpc) is 2.63. The van der Waals surface area contributed by atoms with Gasteiger partial charge in [-0.05, 0) is 25.0 Å². The van der Waals surface area contributed by atoms with Crippen molar-refractivity contribution < 1.29 is 9.47 Å². The molecule has 0 saturated heterocycles. The highest BCUT2D eigenvalue weighted by Crippen LogP contribution is 2.41. The van der Waals surface area contributed by atoms with Crippen molar-refractivity contribution in [3.05, 3.63) is 18.2 Å². The lowest BCUT2D eigenvalue weighted by Gasteiger charge is -2.23. The number of hydrogen-bond donors (Lipinski definition) is 1. The van der Waals surface area contributed by atoms with Crippen LogP contribution in [0.1, 0.15) is 46.0 Å². The molecule has 18 heavy (non-hydrogen) atoms. The molecule has 1 aliphatic carbocycles. The third-order valence-electron chi connectivity index (χ3n) is 3.63. The van der Waals surface area contributed by atoms with E-state index in [0.717, 1.165) is 17.2 Å². The highest BCUT2D eigenvalue weighted by molar-refractivity contribution is 5.56. The van der Waals surface area contributed by atoms with Gasteiger partial charge in [-0.15, -0.1) is 0 Å². The first-order chi connectivity index (χ1) is 8.62. The minimum atomic E-state index is -0.536. The zero-order chi connectivity index (χ0) is 12.6. The summed E-state index contributed by atoms with van der Waals surface area (Å²) >= 11 is 0. The number of fused-ring (bicyclic) bond motifs is 1. The maximum absolute atomic E-state index is 5.76. The van der Waals surface area contributed by atoms with Gasteiger partial charge in [0.1, 0.15) is 0 Å². The van der Waals surface area contributed by atoms with E-state index in [1.54, 1.807) is 0 Å². The Morgan fingerprint density at radius 2 is 1.78 bits per heavy atom. The van der Waals surface area contributed by atoms with Gasteiger partial charge < -0.3 is 14.8 Å². The Hall–Kier alpha value is -1.38. The van der Waals surface area contributed by atoms with Crippen molar-refractivity contribution in [1.29, 1.82) is 0 Å². The van der Waals surface area contributed by atoms with Crippen LogP contribution in [0.15, 0.2) is 18.2 Å². The van der Waals surface area contributed by atoms with Crippen LogP contribution in [-0.4, -0.2) is 11.8 Å². The third-order valence-corrected chi connectivity index (χ3v) is 3.63. The third kappa shape index (κ3) is 2.40. The molecule has 1 saturated carbocycles. The van der Waals surface area contributed by atoms with Gasteiger partial charge in [-0.3, -0.25) is 0 Å². The predicted molar refractivity (Wildman–Crippen MR) is 72.3 cm³/mol. The first-order valence-electron chi connectivity index (χ1n) is 6.91. The minimum absolute atomic E-state index is 0.536. The smallest absolute Gasteiger partial charge is 0.246 e. The van der Waals surface area contributed by atoms with Gasteiger partial charge in [-0.2, -0.15) is 0 Å². The summed E-state index contributed by atoms with van der Waals surface area (Å²) in [6, 6.07) is 6.75. The van der Waals surface area contributed by atoms with Crippen molar-refractivity contribution in [2.45, 2.75) is 57.8 Å². The van der Waals surface area contributed by atoms with E-state index in [1.807, 2.05) is 19.9 Å².